The maximum atomic E-state index is 10.8. The number of nitrogens with zero attached hydrogens (tertiary/aromatic N) is 2. The van der Waals surface area contributed by atoms with Crippen molar-refractivity contribution in [1.29, 1.82) is 5.26 Å². The lowest BCUT2D eigenvalue weighted by Gasteiger charge is -1.97. The number of anilines is 1. The van der Waals surface area contributed by atoms with Crippen LogP contribution in [0.4, 0.5) is 5.82 Å². The largest absolute Gasteiger partial charge is 0.466 e. The summed E-state index contributed by atoms with van der Waals surface area (Å²) in [6, 6.07) is 3.44. The number of nitrogen functional groups attached to an aromatic ring is 1. The molecular weight excluding hydrogens is 194 g/mol. The van der Waals surface area contributed by atoms with Gasteiger partial charge in [0.25, 0.3) is 0 Å². The molecule has 0 aromatic carbocycles. The van der Waals surface area contributed by atoms with Crippen molar-refractivity contribution in [2.24, 2.45) is 0 Å². The van der Waals surface area contributed by atoms with Gasteiger partial charge in [-0.25, -0.2) is 9.78 Å². The van der Waals surface area contributed by atoms with Crippen LogP contribution in [0.2, 0.25) is 0 Å². The summed E-state index contributed by atoms with van der Waals surface area (Å²) in [6.45, 7) is 0. The highest BCUT2D eigenvalue weighted by Gasteiger charge is 1.99. The highest BCUT2D eigenvalue weighted by molar-refractivity contribution is 5.87. The van der Waals surface area contributed by atoms with Crippen LogP contribution in [0.5, 0.6) is 0 Å². The third kappa shape index (κ3) is 2.81. The minimum absolute atomic E-state index is 0.174. The van der Waals surface area contributed by atoms with Crippen LogP contribution in [0.3, 0.4) is 0 Å². The van der Waals surface area contributed by atoms with Crippen LogP contribution in [0.15, 0.2) is 18.3 Å². The van der Waals surface area contributed by atoms with Crippen molar-refractivity contribution in [3.8, 4) is 6.07 Å². The Balaban J connectivity index is 2.94. The second-order valence-corrected chi connectivity index (χ2v) is 2.67. The summed E-state index contributed by atoms with van der Waals surface area (Å²) in [7, 11) is 1.29. The Bertz CT molecular complexity index is 446. The number of rotatable bonds is 2. The first-order valence-electron chi connectivity index (χ1n) is 4.09. The molecule has 0 bridgehead atoms. The minimum atomic E-state index is -0.467. The molecule has 76 valence electrons. The van der Waals surface area contributed by atoms with Crippen LogP contribution in [0.1, 0.15) is 11.1 Å². The molecule has 5 nitrogen and oxygen atoms in total. The van der Waals surface area contributed by atoms with E-state index in [1.807, 2.05) is 6.07 Å². The predicted octanol–water partition coefficient (Wildman–Crippen LogP) is 0.722. The molecule has 0 radical (unpaired) electrons. The highest BCUT2D eigenvalue weighted by atomic mass is 16.5. The fourth-order valence-electron chi connectivity index (χ4n) is 0.905. The van der Waals surface area contributed by atoms with E-state index >= 15 is 0 Å². The van der Waals surface area contributed by atoms with Gasteiger partial charge in [-0.15, -0.1) is 0 Å². The van der Waals surface area contributed by atoms with Crippen LogP contribution < -0.4 is 5.73 Å². The topological polar surface area (TPSA) is 89.0 Å². The van der Waals surface area contributed by atoms with Crippen LogP contribution in [-0.2, 0) is 9.53 Å². The second-order valence-electron chi connectivity index (χ2n) is 2.67. The molecule has 0 unspecified atom stereocenters. The monoisotopic (exact) mass is 203 g/mol. The molecule has 15 heavy (non-hydrogen) atoms. The number of methoxy groups -OCH3 is 1. The first-order valence-corrected chi connectivity index (χ1v) is 4.09. The summed E-state index contributed by atoms with van der Waals surface area (Å²) in [4.78, 5) is 14.6. The lowest BCUT2D eigenvalue weighted by atomic mass is 10.2. The molecule has 0 saturated heterocycles. The molecule has 0 saturated carbocycles. The van der Waals surface area contributed by atoms with E-state index in [0.29, 0.717) is 5.56 Å². The average molecular weight is 203 g/mol. The fraction of sp³-hybridized carbons (Fsp3) is 0.100. The summed E-state index contributed by atoms with van der Waals surface area (Å²) < 4.78 is 4.42. The maximum Gasteiger partial charge on any atom is 0.330 e. The molecule has 0 aliphatic carbocycles. The van der Waals surface area contributed by atoms with Gasteiger partial charge in [0.1, 0.15) is 11.9 Å². The summed E-state index contributed by atoms with van der Waals surface area (Å²) in [5, 5.41) is 8.68. The van der Waals surface area contributed by atoms with Crippen molar-refractivity contribution in [3.63, 3.8) is 0 Å². The molecule has 0 spiro atoms. The van der Waals surface area contributed by atoms with E-state index in [1.54, 1.807) is 6.07 Å². The van der Waals surface area contributed by atoms with Crippen LogP contribution in [0, 0.1) is 11.3 Å². The van der Waals surface area contributed by atoms with Gasteiger partial charge in [-0.1, -0.05) is 0 Å². The van der Waals surface area contributed by atoms with Gasteiger partial charge in [-0.3, -0.25) is 0 Å². The quantitative estimate of drug-likeness (QED) is 0.565. The molecule has 0 amide bonds. The number of nitrogens with two attached hydrogens (primary N) is 1. The molecule has 2 N–H and O–H groups in total. The zero-order valence-electron chi connectivity index (χ0n) is 8.10. The predicted molar refractivity (Wildman–Crippen MR) is 54.4 cm³/mol. The number of nitriles is 1. The number of carbonyl (C=O) groups is 1. The number of pyridine rings is 1. The fourth-order valence-corrected chi connectivity index (χ4v) is 0.905. The normalized spacial score (nSPS) is 9.87. The number of hydrogen-bond acceptors (Lipinski definition) is 5. The Labute approximate surface area is 86.8 Å². The van der Waals surface area contributed by atoms with Crippen molar-refractivity contribution >= 4 is 17.9 Å². The Kier molecular flexibility index (Phi) is 3.41. The first kappa shape index (κ1) is 10.7. The lowest BCUT2D eigenvalue weighted by molar-refractivity contribution is -0.134. The molecular formula is C10H9N3O2. The van der Waals surface area contributed by atoms with Crippen LogP contribution in [0.25, 0.3) is 6.08 Å². The molecule has 0 fully saturated rings. The Hall–Kier alpha value is -2.35. The molecule has 1 aromatic rings. The van der Waals surface area contributed by atoms with Gasteiger partial charge in [0.05, 0.1) is 12.7 Å². The Morgan fingerprint density at radius 2 is 2.47 bits per heavy atom. The molecule has 0 aliphatic rings. The summed E-state index contributed by atoms with van der Waals surface area (Å²) in [5.41, 5.74) is 6.33. The number of carbonyl (C=O) groups excluding carboxylic acids is 1. The maximum absolute atomic E-state index is 10.8. The van der Waals surface area contributed by atoms with Gasteiger partial charge in [-0.2, -0.15) is 5.26 Å². The molecule has 1 rings (SSSR count). The van der Waals surface area contributed by atoms with E-state index in [-0.39, 0.29) is 11.4 Å². The zero-order valence-corrected chi connectivity index (χ0v) is 8.10. The molecule has 1 heterocycles. The summed E-state index contributed by atoms with van der Waals surface area (Å²) in [6.07, 6.45) is 4.21. The van der Waals surface area contributed by atoms with Gasteiger partial charge in [0, 0.05) is 12.3 Å². The Morgan fingerprint density at radius 3 is 3.07 bits per heavy atom. The van der Waals surface area contributed by atoms with Gasteiger partial charge in [-0.05, 0) is 17.7 Å². The van der Waals surface area contributed by atoms with Gasteiger partial charge in [0.2, 0.25) is 0 Å². The van der Waals surface area contributed by atoms with E-state index in [9.17, 15) is 4.79 Å². The molecule has 0 atom stereocenters. The SMILES string of the molecule is COC(=O)C=Cc1cnc(N)c(C#N)c1. The van der Waals surface area contributed by atoms with E-state index in [0.717, 1.165) is 0 Å². The highest BCUT2D eigenvalue weighted by Crippen LogP contribution is 2.10. The number of aromatic nitrogens is 1. The summed E-state index contributed by atoms with van der Waals surface area (Å²) >= 11 is 0. The molecule has 0 aliphatic heterocycles. The minimum Gasteiger partial charge on any atom is -0.466 e. The average Bonchev–Trinajstić information content (AvgIpc) is 2.27. The lowest BCUT2D eigenvalue weighted by Crippen LogP contribution is -1.96. The van der Waals surface area contributed by atoms with Crippen molar-refractivity contribution in [2.75, 3.05) is 12.8 Å². The van der Waals surface area contributed by atoms with Crippen molar-refractivity contribution in [2.45, 2.75) is 0 Å². The third-order valence-electron chi connectivity index (χ3n) is 1.67. The standard InChI is InChI=1S/C10H9N3O2/c1-15-9(14)3-2-7-4-8(5-11)10(12)13-6-7/h2-4,6H,1H3,(H2,12,13). The van der Waals surface area contributed by atoms with Crippen LogP contribution in [-0.4, -0.2) is 18.1 Å². The third-order valence-corrected chi connectivity index (χ3v) is 1.67. The van der Waals surface area contributed by atoms with E-state index in [2.05, 4.69) is 9.72 Å². The number of ether oxygens (including phenoxy) is 1. The number of hydrogen-bond donors (Lipinski definition) is 1. The Morgan fingerprint density at radius 1 is 1.73 bits per heavy atom. The van der Waals surface area contributed by atoms with Crippen LogP contribution >= 0.6 is 0 Å². The first-order chi connectivity index (χ1) is 7.17. The second kappa shape index (κ2) is 4.77. The van der Waals surface area contributed by atoms with Crippen molar-refractivity contribution in [1.82, 2.24) is 4.98 Å². The van der Waals surface area contributed by atoms with E-state index in [4.69, 9.17) is 11.0 Å². The van der Waals surface area contributed by atoms with E-state index < -0.39 is 5.97 Å². The smallest absolute Gasteiger partial charge is 0.330 e. The van der Waals surface area contributed by atoms with Gasteiger partial charge < -0.3 is 10.5 Å². The van der Waals surface area contributed by atoms with E-state index in [1.165, 1.54) is 25.5 Å². The van der Waals surface area contributed by atoms with Gasteiger partial charge >= 0.3 is 5.97 Å². The molecule has 1 aromatic heterocycles. The van der Waals surface area contributed by atoms with Crippen molar-refractivity contribution in [3.05, 3.63) is 29.5 Å². The number of esters is 1. The zero-order chi connectivity index (χ0) is 11.3. The van der Waals surface area contributed by atoms with Gasteiger partial charge in [0.15, 0.2) is 0 Å². The summed E-state index contributed by atoms with van der Waals surface area (Å²) in [5.74, 6) is -0.293. The van der Waals surface area contributed by atoms with Crippen molar-refractivity contribution < 1.29 is 9.53 Å². The molecule has 5 heteroatoms.